The highest BCUT2D eigenvalue weighted by Crippen LogP contribution is 2.39. The van der Waals surface area contributed by atoms with Gasteiger partial charge in [0.05, 0.1) is 10.4 Å². The fourth-order valence-electron chi connectivity index (χ4n) is 2.33. The van der Waals surface area contributed by atoms with Crippen LogP contribution in [0.25, 0.3) is 21.7 Å². The number of nitrogens with two attached hydrogens (primary N) is 1. The Bertz CT molecular complexity index is 789. The predicted molar refractivity (Wildman–Crippen MR) is 85.7 cm³/mol. The van der Waals surface area contributed by atoms with Crippen molar-refractivity contribution >= 4 is 17.2 Å². The average Bonchev–Trinajstić information content (AvgIpc) is 3.06. The summed E-state index contributed by atoms with van der Waals surface area (Å²) in [4.78, 5) is 2.28. The minimum Gasteiger partial charge on any atom is -0.383 e. The monoisotopic (exact) mass is 301 g/mol. The van der Waals surface area contributed by atoms with Crippen LogP contribution < -0.4 is 5.73 Å². The molecule has 0 aliphatic rings. The van der Waals surface area contributed by atoms with Crippen LogP contribution in [0.5, 0.6) is 0 Å². The first-order chi connectivity index (χ1) is 10.1. The molecule has 0 radical (unpaired) electrons. The van der Waals surface area contributed by atoms with Gasteiger partial charge in [-0.15, -0.1) is 11.3 Å². The number of halogens is 1. The molecule has 1 aromatic carbocycles. The van der Waals surface area contributed by atoms with E-state index in [-0.39, 0.29) is 5.82 Å². The minimum atomic E-state index is -0.286. The highest BCUT2D eigenvalue weighted by Gasteiger charge is 2.20. The van der Waals surface area contributed by atoms with E-state index < -0.39 is 0 Å². The lowest BCUT2D eigenvalue weighted by Crippen LogP contribution is -1.98. The zero-order valence-electron chi connectivity index (χ0n) is 11.9. The molecule has 0 bridgehead atoms. The van der Waals surface area contributed by atoms with Gasteiger partial charge in [-0.3, -0.25) is 4.68 Å². The first kappa shape index (κ1) is 13.8. The van der Waals surface area contributed by atoms with Crippen LogP contribution in [-0.2, 0) is 13.5 Å². The Balaban J connectivity index is 2.23. The van der Waals surface area contributed by atoms with Crippen LogP contribution in [0, 0.1) is 5.82 Å². The summed E-state index contributed by atoms with van der Waals surface area (Å²) < 4.78 is 15.7. The van der Waals surface area contributed by atoms with E-state index in [2.05, 4.69) is 18.1 Å². The second-order valence-corrected chi connectivity index (χ2v) is 6.00. The summed E-state index contributed by atoms with van der Waals surface area (Å²) in [5, 5.41) is 4.48. The molecule has 21 heavy (non-hydrogen) atoms. The van der Waals surface area contributed by atoms with Gasteiger partial charge >= 0.3 is 0 Å². The van der Waals surface area contributed by atoms with Crippen molar-refractivity contribution in [1.29, 1.82) is 0 Å². The highest BCUT2D eigenvalue weighted by atomic mass is 32.1. The molecule has 0 aliphatic carbocycles. The van der Waals surface area contributed by atoms with Crippen molar-refractivity contribution in [2.75, 3.05) is 5.73 Å². The zero-order chi connectivity index (χ0) is 15.0. The van der Waals surface area contributed by atoms with E-state index in [9.17, 15) is 4.39 Å². The molecule has 2 N–H and O–H groups in total. The van der Waals surface area contributed by atoms with Crippen LogP contribution in [0.4, 0.5) is 10.2 Å². The molecule has 0 unspecified atom stereocenters. The SMILES string of the molecule is CCc1ccc(-c2nn(C)c(N)c2-c2ccccc2F)s1. The Labute approximate surface area is 126 Å². The number of thiophene rings is 1. The van der Waals surface area contributed by atoms with Gasteiger partial charge in [-0.05, 0) is 24.6 Å². The van der Waals surface area contributed by atoms with E-state index in [1.807, 2.05) is 6.07 Å². The first-order valence-electron chi connectivity index (χ1n) is 6.78. The zero-order valence-corrected chi connectivity index (χ0v) is 12.7. The third-order valence-electron chi connectivity index (χ3n) is 3.48. The Morgan fingerprint density at radius 3 is 2.67 bits per heavy atom. The number of rotatable bonds is 3. The topological polar surface area (TPSA) is 43.8 Å². The summed E-state index contributed by atoms with van der Waals surface area (Å²) in [5.41, 5.74) is 8.02. The summed E-state index contributed by atoms with van der Waals surface area (Å²) in [6.45, 7) is 2.11. The van der Waals surface area contributed by atoms with E-state index in [0.717, 1.165) is 17.0 Å². The number of benzene rings is 1. The molecule has 3 aromatic rings. The smallest absolute Gasteiger partial charge is 0.131 e. The predicted octanol–water partition coefficient (Wildman–Crippen LogP) is 4.10. The quantitative estimate of drug-likeness (QED) is 0.791. The normalized spacial score (nSPS) is 11.0. The van der Waals surface area contributed by atoms with E-state index in [1.54, 1.807) is 41.3 Å². The highest BCUT2D eigenvalue weighted by molar-refractivity contribution is 7.15. The van der Waals surface area contributed by atoms with Crippen molar-refractivity contribution in [2.45, 2.75) is 13.3 Å². The lowest BCUT2D eigenvalue weighted by atomic mass is 10.0. The van der Waals surface area contributed by atoms with Gasteiger partial charge in [-0.1, -0.05) is 25.1 Å². The average molecular weight is 301 g/mol. The van der Waals surface area contributed by atoms with E-state index >= 15 is 0 Å². The minimum absolute atomic E-state index is 0.286. The number of hydrogen-bond donors (Lipinski definition) is 1. The van der Waals surface area contributed by atoms with Crippen molar-refractivity contribution in [3.8, 4) is 21.7 Å². The van der Waals surface area contributed by atoms with Crippen LogP contribution in [0.1, 0.15) is 11.8 Å². The maximum Gasteiger partial charge on any atom is 0.131 e. The number of aromatic nitrogens is 2. The molecule has 0 amide bonds. The third-order valence-corrected chi connectivity index (χ3v) is 4.71. The van der Waals surface area contributed by atoms with Gasteiger partial charge in [0.2, 0.25) is 0 Å². The number of anilines is 1. The van der Waals surface area contributed by atoms with Crippen LogP contribution in [-0.4, -0.2) is 9.78 Å². The molecule has 0 spiro atoms. The second kappa shape index (κ2) is 5.33. The number of nitrogens with zero attached hydrogens (tertiary/aromatic N) is 2. The van der Waals surface area contributed by atoms with Crippen molar-refractivity contribution < 1.29 is 4.39 Å². The largest absolute Gasteiger partial charge is 0.383 e. The van der Waals surface area contributed by atoms with Gasteiger partial charge in [-0.2, -0.15) is 5.10 Å². The van der Waals surface area contributed by atoms with Gasteiger partial charge in [0.25, 0.3) is 0 Å². The Kier molecular flexibility index (Phi) is 3.51. The molecule has 0 atom stereocenters. The molecule has 5 heteroatoms. The van der Waals surface area contributed by atoms with Gasteiger partial charge in [0.15, 0.2) is 0 Å². The molecule has 0 saturated carbocycles. The molecule has 2 heterocycles. The number of aryl methyl sites for hydroxylation is 2. The fraction of sp³-hybridized carbons (Fsp3) is 0.188. The van der Waals surface area contributed by atoms with Crippen LogP contribution in [0.2, 0.25) is 0 Å². The lowest BCUT2D eigenvalue weighted by Gasteiger charge is -2.04. The summed E-state index contributed by atoms with van der Waals surface area (Å²) >= 11 is 1.67. The van der Waals surface area contributed by atoms with Crippen molar-refractivity contribution in [3.63, 3.8) is 0 Å². The Hall–Kier alpha value is -2.14. The summed E-state index contributed by atoms with van der Waals surface area (Å²) in [7, 11) is 1.78. The summed E-state index contributed by atoms with van der Waals surface area (Å²) in [6, 6.07) is 10.8. The molecule has 108 valence electrons. The molecular weight excluding hydrogens is 285 g/mol. The Morgan fingerprint density at radius 2 is 2.00 bits per heavy atom. The molecule has 0 saturated heterocycles. The maximum atomic E-state index is 14.1. The van der Waals surface area contributed by atoms with Gasteiger partial charge < -0.3 is 5.73 Å². The Morgan fingerprint density at radius 1 is 1.24 bits per heavy atom. The number of nitrogen functional groups attached to an aromatic ring is 1. The molecule has 0 aliphatic heterocycles. The maximum absolute atomic E-state index is 14.1. The lowest BCUT2D eigenvalue weighted by molar-refractivity contribution is 0.631. The van der Waals surface area contributed by atoms with Gasteiger partial charge in [0.1, 0.15) is 17.3 Å². The van der Waals surface area contributed by atoms with Crippen LogP contribution in [0.15, 0.2) is 36.4 Å². The number of hydrogen-bond acceptors (Lipinski definition) is 3. The summed E-state index contributed by atoms with van der Waals surface area (Å²) in [6.07, 6.45) is 0.974. The first-order valence-corrected chi connectivity index (χ1v) is 7.60. The van der Waals surface area contributed by atoms with E-state index in [1.165, 1.54) is 10.9 Å². The van der Waals surface area contributed by atoms with Gasteiger partial charge in [-0.25, -0.2) is 4.39 Å². The van der Waals surface area contributed by atoms with E-state index in [4.69, 9.17) is 5.73 Å². The molecule has 0 fully saturated rings. The second-order valence-electron chi connectivity index (χ2n) is 4.83. The van der Waals surface area contributed by atoms with Crippen molar-refractivity contribution in [3.05, 3.63) is 47.1 Å². The molecule has 2 aromatic heterocycles. The fourth-order valence-corrected chi connectivity index (χ4v) is 3.27. The molecule has 3 nitrogen and oxygen atoms in total. The molecular formula is C16H16FN3S. The third kappa shape index (κ3) is 2.34. The standard InChI is InChI=1S/C16H16FN3S/c1-3-10-8-9-13(21-10)15-14(16(18)20(2)19-15)11-6-4-5-7-12(11)17/h4-9H,3,18H2,1-2H3. The van der Waals surface area contributed by atoms with Crippen molar-refractivity contribution in [2.24, 2.45) is 7.05 Å². The van der Waals surface area contributed by atoms with E-state index in [0.29, 0.717) is 16.9 Å². The molecule has 3 rings (SSSR count). The van der Waals surface area contributed by atoms with Gasteiger partial charge in [0, 0.05) is 17.5 Å². The van der Waals surface area contributed by atoms with Crippen LogP contribution in [0.3, 0.4) is 0 Å². The van der Waals surface area contributed by atoms with Crippen LogP contribution >= 0.6 is 11.3 Å². The van der Waals surface area contributed by atoms with Crippen molar-refractivity contribution in [1.82, 2.24) is 9.78 Å². The summed E-state index contributed by atoms with van der Waals surface area (Å²) in [5.74, 6) is 0.187.